The normalized spacial score (nSPS) is 10.3. The Bertz CT molecular complexity index is 554. The number of thiol groups is 1. The zero-order chi connectivity index (χ0) is 14.4. The molecule has 0 unspecified atom stereocenters. The minimum Gasteiger partial charge on any atom is -0.345 e. The summed E-state index contributed by atoms with van der Waals surface area (Å²) in [6, 6.07) is 13.5. The Morgan fingerprint density at radius 3 is 2.60 bits per heavy atom. The van der Waals surface area contributed by atoms with Crippen molar-refractivity contribution in [3.8, 4) is 0 Å². The average Bonchev–Trinajstić information content (AvgIpc) is 2.48. The summed E-state index contributed by atoms with van der Waals surface area (Å²) in [5, 5.41) is 0. The van der Waals surface area contributed by atoms with Crippen molar-refractivity contribution in [2.75, 3.05) is 13.6 Å². The quantitative estimate of drug-likeness (QED) is 0.857. The van der Waals surface area contributed by atoms with Crippen LogP contribution in [0.4, 0.5) is 0 Å². The highest BCUT2D eigenvalue weighted by molar-refractivity contribution is 7.80. The molecular weight excluding hydrogens is 268 g/mol. The van der Waals surface area contributed by atoms with E-state index >= 15 is 0 Å². The van der Waals surface area contributed by atoms with Gasteiger partial charge < -0.3 is 4.90 Å². The molecule has 0 spiro atoms. The van der Waals surface area contributed by atoms with Crippen LogP contribution in [0.3, 0.4) is 0 Å². The van der Waals surface area contributed by atoms with Crippen LogP contribution in [-0.2, 0) is 17.6 Å². The predicted molar refractivity (Wildman–Crippen MR) is 83.0 cm³/mol. The van der Waals surface area contributed by atoms with Crippen LogP contribution in [0, 0.1) is 0 Å². The van der Waals surface area contributed by atoms with Gasteiger partial charge in [-0.05, 0) is 29.8 Å². The lowest BCUT2D eigenvalue weighted by Crippen LogP contribution is -2.30. The SMILES string of the molecule is CN(CCc1ccccn1)C(=O)Cc1ccc(S)cc1. The van der Waals surface area contributed by atoms with Gasteiger partial charge in [-0.1, -0.05) is 18.2 Å². The molecule has 0 aliphatic carbocycles. The summed E-state index contributed by atoms with van der Waals surface area (Å²) in [6.07, 6.45) is 2.97. The number of carbonyl (C=O) groups excluding carboxylic acids is 1. The molecule has 1 heterocycles. The van der Waals surface area contributed by atoms with Crippen molar-refractivity contribution < 1.29 is 4.79 Å². The van der Waals surface area contributed by atoms with Gasteiger partial charge in [0.2, 0.25) is 5.91 Å². The number of hydrogen-bond donors (Lipinski definition) is 1. The average molecular weight is 286 g/mol. The third-order valence-corrected chi connectivity index (χ3v) is 3.45. The summed E-state index contributed by atoms with van der Waals surface area (Å²) >= 11 is 4.23. The molecule has 20 heavy (non-hydrogen) atoms. The second-order valence-electron chi connectivity index (χ2n) is 4.73. The van der Waals surface area contributed by atoms with Crippen molar-refractivity contribution in [3.63, 3.8) is 0 Å². The molecule has 3 nitrogen and oxygen atoms in total. The monoisotopic (exact) mass is 286 g/mol. The third-order valence-electron chi connectivity index (χ3n) is 3.15. The second-order valence-corrected chi connectivity index (χ2v) is 5.25. The number of hydrogen-bond acceptors (Lipinski definition) is 3. The molecule has 1 aromatic carbocycles. The van der Waals surface area contributed by atoms with Gasteiger partial charge in [-0.3, -0.25) is 9.78 Å². The minimum absolute atomic E-state index is 0.118. The summed E-state index contributed by atoms with van der Waals surface area (Å²) in [5.74, 6) is 0.118. The van der Waals surface area contributed by atoms with Crippen molar-refractivity contribution >= 4 is 18.5 Å². The molecule has 1 amide bonds. The van der Waals surface area contributed by atoms with Gasteiger partial charge in [-0.2, -0.15) is 0 Å². The first-order valence-electron chi connectivity index (χ1n) is 6.57. The van der Waals surface area contributed by atoms with E-state index in [0.29, 0.717) is 13.0 Å². The van der Waals surface area contributed by atoms with Crippen molar-refractivity contribution in [1.82, 2.24) is 9.88 Å². The molecule has 0 saturated heterocycles. The number of rotatable bonds is 5. The molecule has 0 saturated carbocycles. The molecule has 0 N–H and O–H groups in total. The highest BCUT2D eigenvalue weighted by Crippen LogP contribution is 2.09. The Labute approximate surface area is 125 Å². The molecule has 0 aliphatic rings. The summed E-state index contributed by atoms with van der Waals surface area (Å²) in [5.41, 5.74) is 2.02. The van der Waals surface area contributed by atoms with Crippen LogP contribution in [0.5, 0.6) is 0 Å². The first-order valence-corrected chi connectivity index (χ1v) is 7.01. The molecule has 0 atom stereocenters. The smallest absolute Gasteiger partial charge is 0.226 e. The van der Waals surface area contributed by atoms with Crippen molar-refractivity contribution in [2.45, 2.75) is 17.7 Å². The first kappa shape index (κ1) is 14.6. The Morgan fingerprint density at radius 2 is 1.95 bits per heavy atom. The summed E-state index contributed by atoms with van der Waals surface area (Å²) in [4.78, 5) is 19.0. The topological polar surface area (TPSA) is 33.2 Å². The number of nitrogens with zero attached hydrogens (tertiary/aromatic N) is 2. The Morgan fingerprint density at radius 1 is 1.20 bits per heavy atom. The molecule has 2 aromatic rings. The van der Waals surface area contributed by atoms with Gasteiger partial charge in [0, 0.05) is 36.8 Å². The van der Waals surface area contributed by atoms with E-state index in [1.54, 1.807) is 11.1 Å². The number of pyridine rings is 1. The molecular formula is C16H18N2OS. The van der Waals surface area contributed by atoms with E-state index in [9.17, 15) is 4.79 Å². The lowest BCUT2D eigenvalue weighted by atomic mass is 10.1. The maximum Gasteiger partial charge on any atom is 0.226 e. The third kappa shape index (κ3) is 4.38. The molecule has 0 aliphatic heterocycles. The number of likely N-dealkylation sites (N-methyl/N-ethyl adjacent to an activating group) is 1. The van der Waals surface area contributed by atoms with Crippen molar-refractivity contribution in [1.29, 1.82) is 0 Å². The summed E-state index contributed by atoms with van der Waals surface area (Å²) in [6.45, 7) is 0.681. The number of benzene rings is 1. The molecule has 2 rings (SSSR count). The van der Waals surface area contributed by atoms with E-state index in [1.165, 1.54) is 0 Å². The van der Waals surface area contributed by atoms with Crippen LogP contribution in [0.25, 0.3) is 0 Å². The van der Waals surface area contributed by atoms with Crippen molar-refractivity contribution in [3.05, 3.63) is 59.9 Å². The van der Waals surface area contributed by atoms with Crippen LogP contribution in [-0.4, -0.2) is 29.4 Å². The van der Waals surface area contributed by atoms with Crippen LogP contribution < -0.4 is 0 Å². The van der Waals surface area contributed by atoms with Gasteiger partial charge >= 0.3 is 0 Å². The van der Waals surface area contributed by atoms with E-state index in [1.807, 2.05) is 49.5 Å². The Balaban J connectivity index is 1.84. The second kappa shape index (κ2) is 7.10. The van der Waals surface area contributed by atoms with Gasteiger partial charge in [0.25, 0.3) is 0 Å². The molecule has 0 bridgehead atoms. The molecule has 4 heteroatoms. The van der Waals surface area contributed by atoms with Gasteiger partial charge in [0.15, 0.2) is 0 Å². The van der Waals surface area contributed by atoms with Crippen LogP contribution in [0.2, 0.25) is 0 Å². The van der Waals surface area contributed by atoms with E-state index in [-0.39, 0.29) is 5.91 Å². The standard InChI is InChI=1S/C16H18N2OS/c1-18(11-9-14-4-2-3-10-17-14)16(19)12-13-5-7-15(20)8-6-13/h2-8,10,20H,9,11-12H2,1H3. The molecule has 0 radical (unpaired) electrons. The van der Waals surface area contributed by atoms with Crippen LogP contribution >= 0.6 is 12.6 Å². The van der Waals surface area contributed by atoms with E-state index in [2.05, 4.69) is 17.6 Å². The van der Waals surface area contributed by atoms with E-state index in [0.717, 1.165) is 22.6 Å². The fourth-order valence-electron chi connectivity index (χ4n) is 1.88. The van der Waals surface area contributed by atoms with Gasteiger partial charge in [-0.15, -0.1) is 12.6 Å². The fraction of sp³-hybridized carbons (Fsp3) is 0.250. The molecule has 0 fully saturated rings. The highest BCUT2D eigenvalue weighted by Gasteiger charge is 2.09. The largest absolute Gasteiger partial charge is 0.345 e. The van der Waals surface area contributed by atoms with E-state index < -0.39 is 0 Å². The van der Waals surface area contributed by atoms with Gasteiger partial charge in [0.05, 0.1) is 6.42 Å². The van der Waals surface area contributed by atoms with E-state index in [4.69, 9.17) is 0 Å². The first-order chi connectivity index (χ1) is 9.65. The van der Waals surface area contributed by atoms with Gasteiger partial charge in [-0.25, -0.2) is 0 Å². The number of amides is 1. The number of aromatic nitrogens is 1. The number of carbonyl (C=O) groups is 1. The zero-order valence-corrected chi connectivity index (χ0v) is 12.4. The summed E-state index contributed by atoms with van der Waals surface area (Å²) < 4.78 is 0. The minimum atomic E-state index is 0.118. The van der Waals surface area contributed by atoms with Gasteiger partial charge in [0.1, 0.15) is 0 Å². The lowest BCUT2D eigenvalue weighted by Gasteiger charge is -2.17. The molecule has 1 aromatic heterocycles. The maximum absolute atomic E-state index is 12.1. The Hall–Kier alpha value is -1.81. The highest BCUT2D eigenvalue weighted by atomic mass is 32.1. The van der Waals surface area contributed by atoms with Crippen LogP contribution in [0.1, 0.15) is 11.3 Å². The maximum atomic E-state index is 12.1. The zero-order valence-electron chi connectivity index (χ0n) is 11.5. The van der Waals surface area contributed by atoms with Crippen LogP contribution in [0.15, 0.2) is 53.6 Å². The fourth-order valence-corrected chi connectivity index (χ4v) is 2.03. The van der Waals surface area contributed by atoms with Crippen molar-refractivity contribution in [2.24, 2.45) is 0 Å². The Kier molecular flexibility index (Phi) is 5.18. The summed E-state index contributed by atoms with van der Waals surface area (Å²) in [7, 11) is 1.83. The predicted octanol–water partition coefficient (Wildman–Crippen LogP) is 2.61. The lowest BCUT2D eigenvalue weighted by molar-refractivity contribution is -0.129. The molecule has 104 valence electrons.